The number of fused-ring (bicyclic) bond motifs is 1. The fourth-order valence-corrected chi connectivity index (χ4v) is 4.10. The summed E-state index contributed by atoms with van der Waals surface area (Å²) in [5.41, 5.74) is 3.13. The van der Waals surface area contributed by atoms with E-state index in [0.29, 0.717) is 35.5 Å². The van der Waals surface area contributed by atoms with Crippen LogP contribution in [0.5, 0.6) is 0 Å². The Bertz CT molecular complexity index is 1040. The smallest absolute Gasteiger partial charge is 0.326 e. The molecule has 4 rings (SSSR count). The predicted molar refractivity (Wildman–Crippen MR) is 111 cm³/mol. The number of rotatable bonds is 8. The van der Waals surface area contributed by atoms with E-state index in [1.54, 1.807) is 23.6 Å². The summed E-state index contributed by atoms with van der Waals surface area (Å²) in [7, 11) is 0. The van der Waals surface area contributed by atoms with Crippen LogP contribution in [0.1, 0.15) is 60.6 Å². The van der Waals surface area contributed by atoms with E-state index >= 15 is 0 Å². The van der Waals surface area contributed by atoms with Crippen LogP contribution in [0.25, 0.3) is 11.0 Å². The molecular formula is C21H24N4O3S. The zero-order valence-corrected chi connectivity index (χ0v) is 17.3. The fourth-order valence-electron chi connectivity index (χ4n) is 3.44. The highest BCUT2D eigenvalue weighted by Crippen LogP contribution is 2.40. The van der Waals surface area contributed by atoms with Crippen molar-refractivity contribution in [3.8, 4) is 0 Å². The van der Waals surface area contributed by atoms with E-state index in [1.165, 1.54) is 0 Å². The summed E-state index contributed by atoms with van der Waals surface area (Å²) in [4.78, 5) is 29.4. The van der Waals surface area contributed by atoms with Gasteiger partial charge < -0.3 is 10.4 Å². The van der Waals surface area contributed by atoms with Crippen LogP contribution in [0.3, 0.4) is 0 Å². The van der Waals surface area contributed by atoms with Gasteiger partial charge in [-0.3, -0.25) is 4.79 Å². The van der Waals surface area contributed by atoms with Gasteiger partial charge in [-0.2, -0.15) is 16.4 Å². The summed E-state index contributed by atoms with van der Waals surface area (Å²) in [6.45, 7) is 4.46. The number of aromatic nitrogens is 3. The van der Waals surface area contributed by atoms with Crippen molar-refractivity contribution in [3.63, 3.8) is 0 Å². The van der Waals surface area contributed by atoms with Crippen molar-refractivity contribution in [1.82, 2.24) is 20.1 Å². The standard InChI is InChI=1S/C21H24N4O3S/c1-12(2)7-18(21(27)28)24-20(26)15-8-17(14-3-4-14)23-19-16(15)9-22-25(19)10-13-5-6-29-11-13/h5-6,8-9,11-12,14,18H,3-4,7,10H2,1-2H3,(H,24,26)(H,27,28)/t18-/m0/s1. The first-order valence-corrected chi connectivity index (χ1v) is 10.8. The molecule has 0 unspecified atom stereocenters. The second-order valence-electron chi connectivity index (χ2n) is 8.03. The summed E-state index contributed by atoms with van der Waals surface area (Å²) < 4.78 is 1.81. The van der Waals surface area contributed by atoms with Gasteiger partial charge in [0.2, 0.25) is 0 Å². The lowest BCUT2D eigenvalue weighted by molar-refractivity contribution is -0.139. The number of aliphatic carboxylic acids is 1. The molecule has 1 fully saturated rings. The average Bonchev–Trinajstić information content (AvgIpc) is 3.26. The number of amides is 1. The second-order valence-corrected chi connectivity index (χ2v) is 8.81. The normalized spacial score (nSPS) is 15.0. The number of carboxylic acid groups (broad SMARTS) is 1. The molecule has 1 saturated carbocycles. The van der Waals surface area contributed by atoms with Gasteiger partial charge in [-0.1, -0.05) is 13.8 Å². The largest absolute Gasteiger partial charge is 0.480 e. The zero-order valence-electron chi connectivity index (χ0n) is 16.5. The Labute approximate surface area is 172 Å². The summed E-state index contributed by atoms with van der Waals surface area (Å²) in [6.07, 6.45) is 4.15. The minimum absolute atomic E-state index is 0.157. The van der Waals surface area contributed by atoms with Gasteiger partial charge in [0.1, 0.15) is 6.04 Å². The zero-order chi connectivity index (χ0) is 20.5. The van der Waals surface area contributed by atoms with Crippen molar-refractivity contribution >= 4 is 34.2 Å². The molecule has 7 nitrogen and oxygen atoms in total. The van der Waals surface area contributed by atoms with Gasteiger partial charge in [-0.05, 0) is 53.6 Å². The van der Waals surface area contributed by atoms with Gasteiger partial charge >= 0.3 is 5.97 Å². The highest BCUT2D eigenvalue weighted by atomic mass is 32.1. The Morgan fingerprint density at radius 3 is 2.79 bits per heavy atom. The van der Waals surface area contributed by atoms with E-state index in [1.807, 2.05) is 30.0 Å². The van der Waals surface area contributed by atoms with Gasteiger partial charge in [0.05, 0.1) is 23.7 Å². The molecule has 29 heavy (non-hydrogen) atoms. The van der Waals surface area contributed by atoms with Gasteiger partial charge in [0.25, 0.3) is 5.91 Å². The fraction of sp³-hybridized carbons (Fsp3) is 0.429. The third-order valence-electron chi connectivity index (χ3n) is 5.09. The molecule has 2 N–H and O–H groups in total. The third-order valence-corrected chi connectivity index (χ3v) is 5.82. The van der Waals surface area contributed by atoms with E-state index in [-0.39, 0.29) is 11.8 Å². The van der Waals surface area contributed by atoms with Gasteiger partial charge in [-0.25, -0.2) is 14.5 Å². The maximum absolute atomic E-state index is 13.0. The Morgan fingerprint density at radius 1 is 1.38 bits per heavy atom. The number of nitrogens with one attached hydrogen (secondary N) is 1. The molecule has 0 spiro atoms. The van der Waals surface area contributed by atoms with Crippen molar-refractivity contribution in [1.29, 1.82) is 0 Å². The number of pyridine rings is 1. The molecule has 152 valence electrons. The molecule has 3 heterocycles. The average molecular weight is 413 g/mol. The van der Waals surface area contributed by atoms with Crippen LogP contribution in [0.2, 0.25) is 0 Å². The first kappa shape index (κ1) is 19.6. The molecule has 1 atom stereocenters. The maximum atomic E-state index is 13.0. The van der Waals surface area contributed by atoms with Crippen molar-refractivity contribution in [2.45, 2.75) is 51.6 Å². The Hall–Kier alpha value is -2.74. The van der Waals surface area contributed by atoms with Crippen molar-refractivity contribution in [2.75, 3.05) is 0 Å². The van der Waals surface area contributed by atoms with Crippen LogP contribution in [0.4, 0.5) is 0 Å². The second kappa shape index (κ2) is 7.94. The SMILES string of the molecule is CC(C)C[C@H](NC(=O)c1cc(C2CC2)nc2c1cnn2Cc1ccsc1)C(=O)O. The quantitative estimate of drug-likeness (QED) is 0.589. The monoisotopic (exact) mass is 412 g/mol. The number of carbonyl (C=O) groups excluding carboxylic acids is 1. The molecule has 8 heteroatoms. The Morgan fingerprint density at radius 2 is 2.17 bits per heavy atom. The van der Waals surface area contributed by atoms with Crippen molar-refractivity contribution in [2.24, 2.45) is 5.92 Å². The molecular weight excluding hydrogens is 388 g/mol. The molecule has 0 aliphatic heterocycles. The highest BCUT2D eigenvalue weighted by Gasteiger charge is 2.29. The summed E-state index contributed by atoms with van der Waals surface area (Å²) in [5.74, 6) is -0.888. The molecule has 1 amide bonds. The first-order chi connectivity index (χ1) is 13.9. The molecule has 0 radical (unpaired) electrons. The molecule has 0 bridgehead atoms. The van der Waals surface area contributed by atoms with E-state index in [4.69, 9.17) is 4.98 Å². The number of hydrogen-bond donors (Lipinski definition) is 2. The number of thiophene rings is 1. The lowest BCUT2D eigenvalue weighted by atomic mass is 10.0. The van der Waals surface area contributed by atoms with E-state index in [0.717, 1.165) is 24.1 Å². The predicted octanol–water partition coefficient (Wildman–Crippen LogP) is 3.65. The molecule has 3 aromatic heterocycles. The lowest BCUT2D eigenvalue weighted by Gasteiger charge is -2.17. The van der Waals surface area contributed by atoms with Gasteiger partial charge in [-0.15, -0.1) is 0 Å². The summed E-state index contributed by atoms with van der Waals surface area (Å²) in [5, 5.41) is 21.4. The van der Waals surface area contributed by atoms with E-state index in [9.17, 15) is 14.7 Å². The number of nitrogens with zero attached hydrogens (tertiary/aromatic N) is 3. The van der Waals surface area contributed by atoms with E-state index < -0.39 is 12.0 Å². The summed E-state index contributed by atoms with van der Waals surface area (Å²) in [6, 6.07) is 2.93. The van der Waals surface area contributed by atoms with Gasteiger partial charge in [0.15, 0.2) is 5.65 Å². The number of hydrogen-bond acceptors (Lipinski definition) is 5. The van der Waals surface area contributed by atoms with Crippen LogP contribution in [-0.2, 0) is 11.3 Å². The van der Waals surface area contributed by atoms with Crippen molar-refractivity contribution in [3.05, 3.63) is 45.9 Å². The van der Waals surface area contributed by atoms with Crippen LogP contribution < -0.4 is 5.32 Å². The highest BCUT2D eigenvalue weighted by molar-refractivity contribution is 7.07. The van der Waals surface area contributed by atoms with Crippen LogP contribution >= 0.6 is 11.3 Å². The molecule has 0 saturated heterocycles. The topological polar surface area (TPSA) is 97.1 Å². The lowest BCUT2D eigenvalue weighted by Crippen LogP contribution is -2.41. The molecule has 3 aromatic rings. The maximum Gasteiger partial charge on any atom is 0.326 e. The van der Waals surface area contributed by atoms with Crippen molar-refractivity contribution < 1.29 is 14.7 Å². The molecule has 1 aliphatic rings. The first-order valence-electron chi connectivity index (χ1n) is 9.83. The minimum Gasteiger partial charge on any atom is -0.480 e. The molecule has 0 aromatic carbocycles. The van der Waals surface area contributed by atoms with Crippen LogP contribution in [0, 0.1) is 5.92 Å². The third kappa shape index (κ3) is 4.32. The number of carbonyl (C=O) groups is 2. The summed E-state index contributed by atoms with van der Waals surface area (Å²) >= 11 is 1.63. The van der Waals surface area contributed by atoms with Gasteiger partial charge in [0, 0.05) is 11.6 Å². The Balaban J connectivity index is 1.70. The minimum atomic E-state index is -1.02. The van der Waals surface area contributed by atoms with E-state index in [2.05, 4.69) is 15.8 Å². The molecule has 1 aliphatic carbocycles. The Kier molecular flexibility index (Phi) is 5.36. The number of carboxylic acids is 1. The van der Waals surface area contributed by atoms with Crippen LogP contribution in [0.15, 0.2) is 29.1 Å². The van der Waals surface area contributed by atoms with Crippen LogP contribution in [-0.4, -0.2) is 37.8 Å².